The van der Waals surface area contributed by atoms with Crippen molar-refractivity contribution in [3.63, 3.8) is 0 Å². The molecule has 0 aliphatic carbocycles. The van der Waals surface area contributed by atoms with Crippen LogP contribution in [0.3, 0.4) is 0 Å². The maximum atomic E-state index is 11.6. The molecule has 0 fully saturated rings. The zero-order valence-corrected chi connectivity index (χ0v) is 10.2. The number of carbonyl (C=O) groups is 1. The summed E-state index contributed by atoms with van der Waals surface area (Å²) >= 11 is 0. The highest BCUT2D eigenvalue weighted by Crippen LogP contribution is 1.94. The van der Waals surface area contributed by atoms with Crippen molar-refractivity contribution < 1.29 is 9.36 Å². The second-order valence-corrected chi connectivity index (χ2v) is 3.88. The standard InChI is InChI=1S/C13H14N4O/c1-16-7-5-6-12(16)10-14-15-13(18)11-17-8-3-2-4-9-17/h2-10H,11H2,1H3/p+1/b14-10+. The fourth-order valence-electron chi connectivity index (χ4n) is 1.52. The van der Waals surface area contributed by atoms with Gasteiger partial charge < -0.3 is 4.57 Å². The number of hydrogen-bond acceptors (Lipinski definition) is 2. The second kappa shape index (κ2) is 5.77. The smallest absolute Gasteiger partial charge is 0.305 e. The van der Waals surface area contributed by atoms with E-state index in [1.807, 2.05) is 60.5 Å². The van der Waals surface area contributed by atoms with E-state index in [1.165, 1.54) is 0 Å². The Hall–Kier alpha value is -2.43. The normalized spacial score (nSPS) is 10.7. The number of nitrogens with zero attached hydrogens (tertiary/aromatic N) is 3. The minimum atomic E-state index is -0.156. The van der Waals surface area contributed by atoms with E-state index in [0.29, 0.717) is 0 Å². The number of amides is 1. The summed E-state index contributed by atoms with van der Waals surface area (Å²) in [6, 6.07) is 9.49. The number of rotatable bonds is 4. The number of aryl methyl sites for hydroxylation is 1. The quantitative estimate of drug-likeness (QED) is 0.473. The van der Waals surface area contributed by atoms with Crippen LogP contribution in [0, 0.1) is 0 Å². The molecular formula is C13H15N4O+. The number of pyridine rings is 1. The Kier molecular flexibility index (Phi) is 3.86. The molecule has 0 radical (unpaired) electrons. The summed E-state index contributed by atoms with van der Waals surface area (Å²) in [4.78, 5) is 11.6. The van der Waals surface area contributed by atoms with Crippen molar-refractivity contribution in [3.8, 4) is 0 Å². The van der Waals surface area contributed by atoms with Crippen molar-refractivity contribution in [3.05, 3.63) is 54.6 Å². The van der Waals surface area contributed by atoms with E-state index in [4.69, 9.17) is 0 Å². The molecule has 0 aliphatic heterocycles. The van der Waals surface area contributed by atoms with E-state index in [-0.39, 0.29) is 12.5 Å². The van der Waals surface area contributed by atoms with Crippen LogP contribution in [0.1, 0.15) is 5.69 Å². The van der Waals surface area contributed by atoms with Crippen LogP contribution in [0.2, 0.25) is 0 Å². The van der Waals surface area contributed by atoms with E-state index in [1.54, 1.807) is 10.8 Å². The zero-order chi connectivity index (χ0) is 12.8. The highest BCUT2D eigenvalue weighted by molar-refractivity contribution is 5.80. The third-order valence-corrected chi connectivity index (χ3v) is 2.47. The Morgan fingerprint density at radius 3 is 2.83 bits per heavy atom. The number of aromatic nitrogens is 2. The lowest BCUT2D eigenvalue weighted by Crippen LogP contribution is -2.40. The van der Waals surface area contributed by atoms with Crippen molar-refractivity contribution in [2.24, 2.45) is 12.1 Å². The van der Waals surface area contributed by atoms with Crippen LogP contribution in [0.15, 0.2) is 54.0 Å². The first kappa shape index (κ1) is 12.0. The Morgan fingerprint density at radius 2 is 2.17 bits per heavy atom. The van der Waals surface area contributed by atoms with Gasteiger partial charge in [-0.05, 0) is 12.1 Å². The van der Waals surface area contributed by atoms with Crippen LogP contribution in [-0.2, 0) is 18.4 Å². The van der Waals surface area contributed by atoms with Gasteiger partial charge in [0.15, 0.2) is 12.4 Å². The first-order chi connectivity index (χ1) is 8.75. The van der Waals surface area contributed by atoms with Crippen LogP contribution in [-0.4, -0.2) is 16.7 Å². The molecule has 92 valence electrons. The first-order valence-corrected chi connectivity index (χ1v) is 5.63. The van der Waals surface area contributed by atoms with Crippen molar-refractivity contribution >= 4 is 12.1 Å². The van der Waals surface area contributed by atoms with Gasteiger partial charge in [-0.25, -0.2) is 5.43 Å². The van der Waals surface area contributed by atoms with Crippen molar-refractivity contribution in [2.75, 3.05) is 0 Å². The molecule has 0 spiro atoms. The van der Waals surface area contributed by atoms with Gasteiger partial charge in [-0.1, -0.05) is 6.07 Å². The van der Waals surface area contributed by atoms with Gasteiger partial charge in [0.2, 0.25) is 6.54 Å². The molecule has 5 nitrogen and oxygen atoms in total. The lowest BCUT2D eigenvalue weighted by molar-refractivity contribution is -0.684. The molecule has 0 aromatic carbocycles. The largest absolute Gasteiger partial charge is 0.350 e. The average molecular weight is 243 g/mol. The summed E-state index contributed by atoms with van der Waals surface area (Å²) in [6.07, 6.45) is 7.21. The summed E-state index contributed by atoms with van der Waals surface area (Å²) in [7, 11) is 1.92. The molecule has 0 saturated heterocycles. The summed E-state index contributed by atoms with van der Waals surface area (Å²) in [5.74, 6) is -0.156. The Balaban J connectivity index is 1.86. The van der Waals surface area contributed by atoms with Crippen LogP contribution in [0.5, 0.6) is 0 Å². The van der Waals surface area contributed by atoms with Gasteiger partial charge >= 0.3 is 5.91 Å². The van der Waals surface area contributed by atoms with Crippen LogP contribution in [0.4, 0.5) is 0 Å². The topological polar surface area (TPSA) is 50.3 Å². The molecule has 2 aromatic rings. The van der Waals surface area contributed by atoms with Crippen molar-refractivity contribution in [1.82, 2.24) is 9.99 Å². The van der Waals surface area contributed by atoms with E-state index < -0.39 is 0 Å². The first-order valence-electron chi connectivity index (χ1n) is 5.63. The van der Waals surface area contributed by atoms with E-state index in [9.17, 15) is 4.79 Å². The summed E-state index contributed by atoms with van der Waals surface area (Å²) < 4.78 is 3.70. The Labute approximate surface area is 105 Å². The summed E-state index contributed by atoms with van der Waals surface area (Å²) in [5.41, 5.74) is 3.43. The van der Waals surface area contributed by atoms with E-state index in [2.05, 4.69) is 10.5 Å². The summed E-state index contributed by atoms with van der Waals surface area (Å²) in [5, 5.41) is 3.91. The zero-order valence-electron chi connectivity index (χ0n) is 10.2. The maximum absolute atomic E-state index is 11.6. The second-order valence-electron chi connectivity index (χ2n) is 3.88. The molecule has 0 unspecified atom stereocenters. The lowest BCUT2D eigenvalue weighted by atomic mass is 10.4. The van der Waals surface area contributed by atoms with Gasteiger partial charge in [-0.2, -0.15) is 9.67 Å². The van der Waals surface area contributed by atoms with E-state index >= 15 is 0 Å². The molecule has 0 saturated carbocycles. The van der Waals surface area contributed by atoms with Gasteiger partial charge in [0.05, 0.1) is 11.9 Å². The van der Waals surface area contributed by atoms with Gasteiger partial charge in [0.1, 0.15) is 0 Å². The van der Waals surface area contributed by atoms with Gasteiger partial charge in [-0.15, -0.1) is 0 Å². The number of hydrogen-bond donors (Lipinski definition) is 1. The molecule has 1 amide bonds. The molecule has 0 bridgehead atoms. The highest BCUT2D eigenvalue weighted by atomic mass is 16.2. The third-order valence-electron chi connectivity index (χ3n) is 2.47. The molecule has 0 atom stereocenters. The maximum Gasteiger partial charge on any atom is 0.305 e. The Bertz CT molecular complexity index is 545. The SMILES string of the molecule is Cn1cccc1/C=N/NC(=O)C[n+]1ccccc1. The predicted octanol–water partition coefficient (Wildman–Crippen LogP) is 0.463. The third kappa shape index (κ3) is 3.28. The molecule has 1 N–H and O–H groups in total. The van der Waals surface area contributed by atoms with Crippen LogP contribution >= 0.6 is 0 Å². The Morgan fingerprint density at radius 1 is 1.39 bits per heavy atom. The molecular weight excluding hydrogens is 228 g/mol. The molecule has 5 heteroatoms. The molecule has 18 heavy (non-hydrogen) atoms. The minimum absolute atomic E-state index is 0.156. The highest BCUT2D eigenvalue weighted by Gasteiger charge is 2.06. The minimum Gasteiger partial charge on any atom is -0.350 e. The monoisotopic (exact) mass is 243 g/mol. The van der Waals surface area contributed by atoms with Crippen molar-refractivity contribution in [1.29, 1.82) is 0 Å². The van der Waals surface area contributed by atoms with E-state index in [0.717, 1.165) is 5.69 Å². The fraction of sp³-hybridized carbons (Fsp3) is 0.154. The fourth-order valence-corrected chi connectivity index (χ4v) is 1.52. The molecule has 0 aliphatic rings. The number of hydrazone groups is 1. The summed E-state index contributed by atoms with van der Waals surface area (Å²) in [6.45, 7) is 0.255. The predicted molar refractivity (Wildman–Crippen MR) is 67.8 cm³/mol. The molecule has 2 heterocycles. The molecule has 2 aromatic heterocycles. The van der Waals surface area contributed by atoms with Crippen LogP contribution in [0.25, 0.3) is 0 Å². The van der Waals surface area contributed by atoms with Gasteiger partial charge in [0.25, 0.3) is 0 Å². The van der Waals surface area contributed by atoms with Crippen LogP contribution < -0.4 is 9.99 Å². The van der Waals surface area contributed by atoms with Gasteiger partial charge in [0, 0.05) is 25.4 Å². The molecule has 2 rings (SSSR count). The van der Waals surface area contributed by atoms with Crippen molar-refractivity contribution in [2.45, 2.75) is 6.54 Å². The number of nitrogens with one attached hydrogen (secondary N) is 1. The number of carbonyl (C=O) groups excluding carboxylic acids is 1. The van der Waals surface area contributed by atoms with Gasteiger partial charge in [-0.3, -0.25) is 4.79 Å². The average Bonchev–Trinajstić information content (AvgIpc) is 2.76. The lowest BCUT2D eigenvalue weighted by Gasteiger charge is -1.97.